The molecule has 5 heteroatoms. The van der Waals surface area contributed by atoms with Gasteiger partial charge in [0.2, 0.25) is 0 Å². The Hall–Kier alpha value is -0.580. The minimum atomic E-state index is 0.683. The number of hydrogen-bond donors (Lipinski definition) is 1. The van der Waals surface area contributed by atoms with Gasteiger partial charge in [-0.25, -0.2) is 4.98 Å². The lowest BCUT2D eigenvalue weighted by atomic mass is 10.0. The lowest BCUT2D eigenvalue weighted by Gasteiger charge is -2.29. The first-order valence-electron chi connectivity index (χ1n) is 6.89. The number of likely N-dealkylation sites (tertiary alicyclic amines) is 1. The molecule has 3 heterocycles. The monoisotopic (exact) mass is 268 g/mol. The summed E-state index contributed by atoms with van der Waals surface area (Å²) in [7, 11) is 1.99. The third-order valence-electron chi connectivity index (χ3n) is 4.35. The van der Waals surface area contributed by atoms with Crippen LogP contribution < -0.4 is 5.32 Å². The van der Waals surface area contributed by atoms with Crippen LogP contribution in [0.2, 0.25) is 5.15 Å². The summed E-state index contributed by atoms with van der Waals surface area (Å²) in [6.45, 7) is 3.29. The second kappa shape index (κ2) is 5.19. The highest BCUT2D eigenvalue weighted by Crippen LogP contribution is 2.26. The molecule has 4 nitrogen and oxygen atoms in total. The van der Waals surface area contributed by atoms with Gasteiger partial charge in [0.25, 0.3) is 0 Å². The summed E-state index contributed by atoms with van der Waals surface area (Å²) in [4.78, 5) is 6.98. The van der Waals surface area contributed by atoms with E-state index in [9.17, 15) is 0 Å². The molecular formula is C13H21ClN4. The number of nitrogens with one attached hydrogen (secondary N) is 1. The van der Waals surface area contributed by atoms with Gasteiger partial charge in [-0.05, 0) is 38.8 Å². The van der Waals surface area contributed by atoms with Gasteiger partial charge >= 0.3 is 0 Å². The van der Waals surface area contributed by atoms with E-state index in [-0.39, 0.29) is 0 Å². The van der Waals surface area contributed by atoms with Crippen LogP contribution in [0.15, 0.2) is 6.20 Å². The highest BCUT2D eigenvalue weighted by Gasteiger charge is 2.33. The van der Waals surface area contributed by atoms with Crippen LogP contribution in [0.25, 0.3) is 0 Å². The molecule has 0 radical (unpaired) electrons. The fraction of sp³-hybridized carbons (Fsp3) is 0.769. The number of halogens is 1. The van der Waals surface area contributed by atoms with Crippen molar-refractivity contribution in [1.82, 2.24) is 19.8 Å². The van der Waals surface area contributed by atoms with E-state index < -0.39 is 0 Å². The number of imidazole rings is 1. The summed E-state index contributed by atoms with van der Waals surface area (Å²) in [5, 5.41) is 4.36. The third kappa shape index (κ3) is 2.29. The van der Waals surface area contributed by atoms with Crippen molar-refractivity contribution in [3.63, 3.8) is 0 Å². The van der Waals surface area contributed by atoms with Gasteiger partial charge in [0.05, 0.1) is 12.7 Å². The van der Waals surface area contributed by atoms with Gasteiger partial charge in [0.15, 0.2) is 0 Å². The van der Waals surface area contributed by atoms with E-state index in [1.807, 2.05) is 11.6 Å². The number of aromatic nitrogens is 2. The summed E-state index contributed by atoms with van der Waals surface area (Å²) < 4.78 is 1.99. The van der Waals surface area contributed by atoms with E-state index in [2.05, 4.69) is 15.2 Å². The van der Waals surface area contributed by atoms with Gasteiger partial charge in [-0.2, -0.15) is 0 Å². The van der Waals surface area contributed by atoms with E-state index in [0.29, 0.717) is 12.1 Å². The van der Waals surface area contributed by atoms with E-state index in [1.54, 1.807) is 6.20 Å². The molecule has 2 aliphatic heterocycles. The molecule has 0 aromatic carbocycles. The minimum absolute atomic E-state index is 0.683. The quantitative estimate of drug-likeness (QED) is 0.907. The molecule has 0 spiro atoms. The van der Waals surface area contributed by atoms with Crippen LogP contribution in [-0.4, -0.2) is 39.6 Å². The molecule has 2 unspecified atom stereocenters. The van der Waals surface area contributed by atoms with Crippen molar-refractivity contribution >= 4 is 11.6 Å². The van der Waals surface area contributed by atoms with Crippen molar-refractivity contribution < 1.29 is 0 Å². The highest BCUT2D eigenvalue weighted by atomic mass is 35.5. The maximum atomic E-state index is 6.05. The molecule has 2 fully saturated rings. The normalized spacial score (nSPS) is 29.2. The number of hydrogen-bond acceptors (Lipinski definition) is 3. The van der Waals surface area contributed by atoms with Crippen LogP contribution in [0.5, 0.6) is 0 Å². The molecule has 0 bridgehead atoms. The summed E-state index contributed by atoms with van der Waals surface area (Å²) in [5.41, 5.74) is 0. The Balaban J connectivity index is 1.69. The van der Waals surface area contributed by atoms with E-state index in [0.717, 1.165) is 17.5 Å². The largest absolute Gasteiger partial charge is 0.321 e. The lowest BCUT2D eigenvalue weighted by Crippen LogP contribution is -2.43. The first-order valence-corrected chi connectivity index (χ1v) is 7.27. The Morgan fingerprint density at radius 3 is 3.00 bits per heavy atom. The summed E-state index contributed by atoms with van der Waals surface area (Å²) in [6, 6.07) is 1.37. The topological polar surface area (TPSA) is 33.1 Å². The molecule has 0 amide bonds. The second-order valence-corrected chi connectivity index (χ2v) is 5.83. The molecule has 0 aliphatic carbocycles. The SMILES string of the molecule is Cn1c(Cl)cnc1CN1CCCC1C1CCCN1. The Kier molecular flexibility index (Phi) is 3.59. The molecular weight excluding hydrogens is 248 g/mol. The van der Waals surface area contributed by atoms with Gasteiger partial charge in [-0.1, -0.05) is 11.6 Å². The van der Waals surface area contributed by atoms with Crippen LogP contribution in [0.4, 0.5) is 0 Å². The number of rotatable bonds is 3. The summed E-state index contributed by atoms with van der Waals surface area (Å²) >= 11 is 6.05. The molecule has 2 atom stereocenters. The molecule has 2 saturated heterocycles. The van der Waals surface area contributed by atoms with Gasteiger partial charge in [-0.15, -0.1) is 0 Å². The fourth-order valence-electron chi connectivity index (χ4n) is 3.30. The van der Waals surface area contributed by atoms with Crippen LogP contribution in [0.1, 0.15) is 31.5 Å². The van der Waals surface area contributed by atoms with Crippen molar-refractivity contribution in [3.05, 3.63) is 17.2 Å². The third-order valence-corrected chi connectivity index (χ3v) is 4.70. The Morgan fingerprint density at radius 1 is 1.44 bits per heavy atom. The van der Waals surface area contributed by atoms with E-state index in [4.69, 9.17) is 11.6 Å². The van der Waals surface area contributed by atoms with Crippen molar-refractivity contribution in [3.8, 4) is 0 Å². The molecule has 100 valence electrons. The van der Waals surface area contributed by atoms with Crippen molar-refractivity contribution in [2.24, 2.45) is 7.05 Å². The standard InChI is InChI=1S/C13H21ClN4/c1-17-12(14)8-16-13(17)9-18-7-3-5-11(18)10-4-2-6-15-10/h8,10-11,15H,2-7,9H2,1H3. The lowest BCUT2D eigenvalue weighted by molar-refractivity contribution is 0.200. The second-order valence-electron chi connectivity index (χ2n) is 5.44. The molecule has 1 aromatic rings. The van der Waals surface area contributed by atoms with Crippen LogP contribution in [-0.2, 0) is 13.6 Å². The fourth-order valence-corrected chi connectivity index (χ4v) is 3.44. The zero-order chi connectivity index (χ0) is 12.5. The van der Waals surface area contributed by atoms with Gasteiger partial charge in [-0.3, -0.25) is 4.90 Å². The Labute approximate surface area is 113 Å². The van der Waals surface area contributed by atoms with E-state index >= 15 is 0 Å². The van der Waals surface area contributed by atoms with E-state index in [1.165, 1.54) is 38.8 Å². The predicted octanol–water partition coefficient (Wildman–Crippen LogP) is 1.79. The Bertz CT molecular complexity index is 411. The van der Waals surface area contributed by atoms with Crippen LogP contribution in [0, 0.1) is 0 Å². The minimum Gasteiger partial charge on any atom is -0.321 e. The van der Waals surface area contributed by atoms with Crippen molar-refractivity contribution in [2.75, 3.05) is 13.1 Å². The first-order chi connectivity index (χ1) is 8.75. The average Bonchev–Trinajstić information content (AvgIpc) is 3.06. The Morgan fingerprint density at radius 2 is 2.33 bits per heavy atom. The molecule has 1 N–H and O–H groups in total. The van der Waals surface area contributed by atoms with Crippen molar-refractivity contribution in [2.45, 2.75) is 44.3 Å². The molecule has 18 heavy (non-hydrogen) atoms. The zero-order valence-electron chi connectivity index (χ0n) is 10.9. The van der Waals surface area contributed by atoms with Gasteiger partial charge in [0, 0.05) is 19.1 Å². The van der Waals surface area contributed by atoms with Crippen LogP contribution in [0.3, 0.4) is 0 Å². The molecule has 2 aliphatic rings. The van der Waals surface area contributed by atoms with Gasteiger partial charge < -0.3 is 9.88 Å². The summed E-state index contributed by atoms with van der Waals surface area (Å²) in [5.74, 6) is 1.07. The molecule has 1 aromatic heterocycles. The average molecular weight is 269 g/mol. The van der Waals surface area contributed by atoms with Gasteiger partial charge in [0.1, 0.15) is 11.0 Å². The predicted molar refractivity (Wildman–Crippen MR) is 72.7 cm³/mol. The summed E-state index contributed by atoms with van der Waals surface area (Å²) in [6.07, 6.45) is 7.01. The molecule has 3 rings (SSSR count). The number of nitrogens with zero attached hydrogens (tertiary/aromatic N) is 3. The highest BCUT2D eigenvalue weighted by molar-refractivity contribution is 6.29. The smallest absolute Gasteiger partial charge is 0.128 e. The van der Waals surface area contributed by atoms with Crippen LogP contribution >= 0.6 is 11.6 Å². The zero-order valence-corrected chi connectivity index (χ0v) is 11.7. The first kappa shape index (κ1) is 12.5. The maximum Gasteiger partial charge on any atom is 0.128 e. The maximum absolute atomic E-state index is 6.05. The van der Waals surface area contributed by atoms with Crippen molar-refractivity contribution in [1.29, 1.82) is 0 Å². The molecule has 0 saturated carbocycles.